The Morgan fingerprint density at radius 2 is 1.93 bits per heavy atom. The van der Waals surface area contributed by atoms with E-state index in [9.17, 15) is 14.7 Å². The van der Waals surface area contributed by atoms with Crippen molar-refractivity contribution < 1.29 is 19.4 Å². The van der Waals surface area contributed by atoms with E-state index in [0.29, 0.717) is 31.1 Å². The second-order valence-corrected chi connectivity index (χ2v) is 8.61. The summed E-state index contributed by atoms with van der Waals surface area (Å²) in [7, 11) is 0. The number of aliphatic hydroxyl groups is 1. The summed E-state index contributed by atoms with van der Waals surface area (Å²) < 4.78 is 4.98. The van der Waals surface area contributed by atoms with E-state index in [4.69, 9.17) is 4.74 Å². The monoisotopic (exact) mass is 411 g/mol. The van der Waals surface area contributed by atoms with Crippen molar-refractivity contribution in [2.24, 2.45) is 5.41 Å². The number of benzene rings is 2. The maximum atomic E-state index is 13.1. The van der Waals surface area contributed by atoms with Crippen LogP contribution in [0.2, 0.25) is 0 Å². The molecule has 3 rings (SSSR count). The van der Waals surface area contributed by atoms with Gasteiger partial charge in [-0.25, -0.2) is 9.59 Å². The summed E-state index contributed by atoms with van der Waals surface area (Å²) >= 11 is 0. The van der Waals surface area contributed by atoms with Crippen molar-refractivity contribution >= 4 is 23.5 Å². The molecule has 0 unspecified atom stereocenters. The molecule has 1 aliphatic heterocycles. The Kier molecular flexibility index (Phi) is 6.62. The molecule has 2 aromatic carbocycles. The van der Waals surface area contributed by atoms with Crippen LogP contribution in [-0.4, -0.2) is 48.4 Å². The molecule has 7 heteroatoms. The number of carbonyl (C=O) groups excluding carboxylic acids is 2. The number of nitrogens with one attached hydrogen (secondary N) is 1. The van der Waals surface area contributed by atoms with Gasteiger partial charge >= 0.3 is 12.1 Å². The minimum atomic E-state index is -0.787. The van der Waals surface area contributed by atoms with E-state index >= 15 is 0 Å². The lowest BCUT2D eigenvalue weighted by Gasteiger charge is -2.32. The van der Waals surface area contributed by atoms with Crippen LogP contribution in [0.1, 0.15) is 32.4 Å². The molecular weight excluding hydrogens is 382 g/mol. The summed E-state index contributed by atoms with van der Waals surface area (Å²) in [6.45, 7) is 7.61. The van der Waals surface area contributed by atoms with Gasteiger partial charge in [-0.1, -0.05) is 57.2 Å². The summed E-state index contributed by atoms with van der Waals surface area (Å²) in [5, 5.41) is 13.5. The first-order chi connectivity index (χ1) is 14.2. The van der Waals surface area contributed by atoms with E-state index in [-0.39, 0.29) is 24.1 Å². The molecule has 0 saturated carbocycles. The van der Waals surface area contributed by atoms with E-state index in [0.717, 1.165) is 5.56 Å². The number of amides is 3. The van der Waals surface area contributed by atoms with Crippen molar-refractivity contribution in [3.05, 3.63) is 60.2 Å². The second kappa shape index (κ2) is 9.17. The molecule has 0 aromatic heterocycles. The first-order valence-corrected chi connectivity index (χ1v) is 10.1. The molecule has 2 N–H and O–H groups in total. The Balaban J connectivity index is 1.74. The number of cyclic esters (lactones) is 1. The van der Waals surface area contributed by atoms with Crippen LogP contribution < -0.4 is 10.2 Å². The maximum absolute atomic E-state index is 13.1. The lowest BCUT2D eigenvalue weighted by molar-refractivity contribution is 0.110. The van der Waals surface area contributed by atoms with Crippen molar-refractivity contribution in [1.29, 1.82) is 0 Å². The zero-order valence-electron chi connectivity index (χ0n) is 17.7. The van der Waals surface area contributed by atoms with E-state index in [1.165, 1.54) is 4.90 Å². The molecule has 0 radical (unpaired) electrons. The molecule has 7 nitrogen and oxygen atoms in total. The van der Waals surface area contributed by atoms with Crippen LogP contribution in [-0.2, 0) is 4.74 Å². The molecule has 0 bridgehead atoms. The van der Waals surface area contributed by atoms with Crippen molar-refractivity contribution in [1.82, 2.24) is 4.90 Å². The standard InChI is InChI=1S/C23H29N3O4/c1-23(2,3)16-25(15-20(27)17-8-5-4-6-9-17)21(28)24-18-10-7-11-19(14-18)26-12-13-30-22(26)29/h4-11,14,20,27H,12-13,15-16H2,1-3H3,(H,24,28)/t20-/m1/s1. The quantitative estimate of drug-likeness (QED) is 0.744. The minimum absolute atomic E-state index is 0.144. The van der Waals surface area contributed by atoms with Gasteiger partial charge in [0.15, 0.2) is 0 Å². The summed E-state index contributed by atoms with van der Waals surface area (Å²) in [4.78, 5) is 28.0. The Morgan fingerprint density at radius 1 is 1.20 bits per heavy atom. The third-order valence-electron chi connectivity index (χ3n) is 4.70. The van der Waals surface area contributed by atoms with E-state index < -0.39 is 6.10 Å². The predicted octanol–water partition coefficient (Wildman–Crippen LogP) is 4.26. The van der Waals surface area contributed by atoms with E-state index in [2.05, 4.69) is 5.32 Å². The average molecular weight is 412 g/mol. The molecule has 3 amide bonds. The van der Waals surface area contributed by atoms with Gasteiger partial charge in [0.1, 0.15) is 6.61 Å². The van der Waals surface area contributed by atoms with Crippen molar-refractivity contribution in [2.45, 2.75) is 26.9 Å². The van der Waals surface area contributed by atoms with Gasteiger partial charge in [0.25, 0.3) is 0 Å². The number of rotatable bonds is 6. The molecule has 30 heavy (non-hydrogen) atoms. The first kappa shape index (κ1) is 21.6. The largest absolute Gasteiger partial charge is 0.447 e. The van der Waals surface area contributed by atoms with Crippen LogP contribution in [0.3, 0.4) is 0 Å². The van der Waals surface area contributed by atoms with Crippen LogP contribution in [0.5, 0.6) is 0 Å². The molecule has 1 aliphatic rings. The molecule has 2 aromatic rings. The molecular formula is C23H29N3O4. The third kappa shape index (κ3) is 5.73. The average Bonchev–Trinajstić information content (AvgIpc) is 3.13. The minimum Gasteiger partial charge on any atom is -0.447 e. The molecule has 160 valence electrons. The number of hydrogen-bond acceptors (Lipinski definition) is 4. The Hall–Kier alpha value is -3.06. The molecule has 0 spiro atoms. The number of urea groups is 1. The normalized spacial score (nSPS) is 14.9. The molecule has 1 atom stereocenters. The number of aliphatic hydroxyl groups excluding tert-OH is 1. The lowest BCUT2D eigenvalue weighted by atomic mass is 9.95. The van der Waals surface area contributed by atoms with Gasteiger partial charge in [0.05, 0.1) is 19.2 Å². The number of nitrogens with zero attached hydrogens (tertiary/aromatic N) is 2. The fourth-order valence-corrected chi connectivity index (χ4v) is 3.36. The van der Waals surface area contributed by atoms with Crippen molar-refractivity contribution in [3.8, 4) is 0 Å². The Bertz CT molecular complexity index is 880. The van der Waals surface area contributed by atoms with Gasteiger partial charge in [-0.05, 0) is 29.2 Å². The Labute approximate surface area is 177 Å². The summed E-state index contributed by atoms with van der Waals surface area (Å²) in [5.41, 5.74) is 1.86. The highest BCUT2D eigenvalue weighted by atomic mass is 16.6. The Morgan fingerprint density at radius 3 is 2.57 bits per heavy atom. The summed E-state index contributed by atoms with van der Waals surface area (Å²) in [6, 6.07) is 16.1. The van der Waals surface area contributed by atoms with Crippen LogP contribution in [0.4, 0.5) is 21.0 Å². The van der Waals surface area contributed by atoms with E-state index in [1.807, 2.05) is 51.1 Å². The predicted molar refractivity (Wildman–Crippen MR) is 117 cm³/mol. The number of hydrogen-bond donors (Lipinski definition) is 2. The van der Waals surface area contributed by atoms with Crippen LogP contribution in [0, 0.1) is 5.41 Å². The summed E-state index contributed by atoms with van der Waals surface area (Å²) in [5.74, 6) is 0. The zero-order chi connectivity index (χ0) is 21.7. The fraction of sp³-hybridized carbons (Fsp3) is 0.391. The van der Waals surface area contributed by atoms with Gasteiger partial charge < -0.3 is 20.1 Å². The third-order valence-corrected chi connectivity index (χ3v) is 4.70. The van der Waals surface area contributed by atoms with Gasteiger partial charge in [-0.15, -0.1) is 0 Å². The second-order valence-electron chi connectivity index (χ2n) is 8.61. The molecule has 1 saturated heterocycles. The molecule has 1 heterocycles. The maximum Gasteiger partial charge on any atom is 0.414 e. The van der Waals surface area contributed by atoms with Crippen LogP contribution >= 0.6 is 0 Å². The zero-order valence-corrected chi connectivity index (χ0v) is 17.7. The van der Waals surface area contributed by atoms with Crippen LogP contribution in [0.15, 0.2) is 54.6 Å². The van der Waals surface area contributed by atoms with Gasteiger partial charge in [-0.2, -0.15) is 0 Å². The molecule has 1 fully saturated rings. The van der Waals surface area contributed by atoms with Gasteiger partial charge in [0, 0.05) is 17.9 Å². The van der Waals surface area contributed by atoms with Gasteiger partial charge in [-0.3, -0.25) is 4.90 Å². The SMILES string of the molecule is CC(C)(C)CN(C[C@@H](O)c1ccccc1)C(=O)Nc1cccc(N2CCOC2=O)c1. The summed E-state index contributed by atoms with van der Waals surface area (Å²) in [6.07, 6.45) is -1.18. The van der Waals surface area contributed by atoms with Crippen LogP contribution in [0.25, 0.3) is 0 Å². The number of carbonyl (C=O) groups is 2. The highest BCUT2D eigenvalue weighted by Crippen LogP contribution is 2.24. The van der Waals surface area contributed by atoms with Gasteiger partial charge in [0.2, 0.25) is 0 Å². The fourth-order valence-electron chi connectivity index (χ4n) is 3.36. The molecule has 0 aliphatic carbocycles. The lowest BCUT2D eigenvalue weighted by Crippen LogP contribution is -2.42. The highest BCUT2D eigenvalue weighted by Gasteiger charge is 2.26. The van der Waals surface area contributed by atoms with Crippen molar-refractivity contribution in [2.75, 3.05) is 36.5 Å². The number of ether oxygens (including phenoxy) is 1. The highest BCUT2D eigenvalue weighted by molar-refractivity contribution is 5.93. The topological polar surface area (TPSA) is 82.1 Å². The van der Waals surface area contributed by atoms with E-state index in [1.54, 1.807) is 29.2 Å². The van der Waals surface area contributed by atoms with Crippen molar-refractivity contribution in [3.63, 3.8) is 0 Å². The smallest absolute Gasteiger partial charge is 0.414 e. The number of anilines is 2. The first-order valence-electron chi connectivity index (χ1n) is 10.1.